The van der Waals surface area contributed by atoms with Crippen molar-refractivity contribution in [3.8, 4) is 17.6 Å². The number of ether oxygens (including phenoxy) is 2. The highest BCUT2D eigenvalue weighted by Crippen LogP contribution is 2.15. The minimum atomic E-state index is -0.803. The predicted molar refractivity (Wildman–Crippen MR) is 84.5 cm³/mol. The quantitative estimate of drug-likeness (QED) is 0.758. The van der Waals surface area contributed by atoms with E-state index >= 15 is 0 Å². The molecule has 5 nitrogen and oxygen atoms in total. The van der Waals surface area contributed by atoms with E-state index in [0.29, 0.717) is 36.7 Å². The summed E-state index contributed by atoms with van der Waals surface area (Å²) in [4.78, 5) is 10.5. The molecule has 23 heavy (non-hydrogen) atoms. The van der Waals surface area contributed by atoms with Crippen LogP contribution >= 0.6 is 0 Å². The van der Waals surface area contributed by atoms with Crippen LogP contribution in [0.4, 0.5) is 0 Å². The molecule has 0 bridgehead atoms. The molecule has 118 valence electrons. The molecule has 0 aliphatic rings. The van der Waals surface area contributed by atoms with E-state index in [2.05, 4.69) is 6.07 Å². The van der Waals surface area contributed by atoms with Gasteiger partial charge in [0.25, 0.3) is 0 Å². The van der Waals surface area contributed by atoms with E-state index < -0.39 is 5.97 Å². The molecule has 0 fully saturated rings. The molecule has 2 aromatic rings. The fourth-order valence-electron chi connectivity index (χ4n) is 1.98. The molecule has 2 rings (SSSR count). The third kappa shape index (κ3) is 5.71. The van der Waals surface area contributed by atoms with E-state index in [-0.39, 0.29) is 6.42 Å². The van der Waals surface area contributed by atoms with E-state index in [0.717, 1.165) is 5.56 Å². The second-order valence-corrected chi connectivity index (χ2v) is 4.87. The number of carbonyl (C=O) groups is 1. The van der Waals surface area contributed by atoms with Crippen molar-refractivity contribution in [1.82, 2.24) is 0 Å². The van der Waals surface area contributed by atoms with Crippen LogP contribution in [-0.2, 0) is 11.2 Å². The van der Waals surface area contributed by atoms with Crippen molar-refractivity contribution in [2.24, 2.45) is 0 Å². The lowest BCUT2D eigenvalue weighted by molar-refractivity contribution is -0.136. The van der Waals surface area contributed by atoms with Crippen molar-refractivity contribution in [2.45, 2.75) is 12.8 Å². The number of nitriles is 1. The van der Waals surface area contributed by atoms with Crippen molar-refractivity contribution in [3.05, 3.63) is 59.7 Å². The summed E-state index contributed by atoms with van der Waals surface area (Å²) in [7, 11) is 0. The van der Waals surface area contributed by atoms with Gasteiger partial charge in [-0.1, -0.05) is 18.2 Å². The molecule has 0 spiro atoms. The van der Waals surface area contributed by atoms with Gasteiger partial charge in [-0.05, 0) is 42.3 Å². The molecule has 0 radical (unpaired) electrons. The van der Waals surface area contributed by atoms with Crippen molar-refractivity contribution in [1.29, 1.82) is 5.26 Å². The molecular weight excluding hydrogens is 294 g/mol. The second kappa shape index (κ2) is 8.44. The van der Waals surface area contributed by atoms with Gasteiger partial charge < -0.3 is 14.6 Å². The highest BCUT2D eigenvalue weighted by Gasteiger charge is 2.01. The Morgan fingerprint density at radius 1 is 1.04 bits per heavy atom. The van der Waals surface area contributed by atoms with Crippen LogP contribution in [-0.4, -0.2) is 24.3 Å². The molecule has 1 N–H and O–H groups in total. The Morgan fingerprint density at radius 2 is 1.74 bits per heavy atom. The molecule has 0 saturated carbocycles. The molecule has 0 atom stereocenters. The summed E-state index contributed by atoms with van der Waals surface area (Å²) in [5.41, 5.74) is 1.52. The Bertz CT molecular complexity index is 689. The minimum absolute atomic E-state index is 0.121. The van der Waals surface area contributed by atoms with E-state index in [4.69, 9.17) is 19.8 Å². The van der Waals surface area contributed by atoms with Crippen LogP contribution in [0.5, 0.6) is 11.5 Å². The normalized spacial score (nSPS) is 9.87. The summed E-state index contributed by atoms with van der Waals surface area (Å²) < 4.78 is 11.1. The molecule has 0 aromatic heterocycles. The maximum atomic E-state index is 10.5. The van der Waals surface area contributed by atoms with Gasteiger partial charge in [0.05, 0.1) is 11.6 Å². The van der Waals surface area contributed by atoms with Gasteiger partial charge in [0.2, 0.25) is 0 Å². The number of carboxylic acids is 1. The van der Waals surface area contributed by atoms with Gasteiger partial charge >= 0.3 is 5.97 Å². The number of benzene rings is 2. The Hall–Kier alpha value is -3.00. The number of carboxylic acid groups (broad SMARTS) is 1. The fourth-order valence-corrected chi connectivity index (χ4v) is 1.98. The Kier molecular flexibility index (Phi) is 6.01. The van der Waals surface area contributed by atoms with Gasteiger partial charge in [-0.3, -0.25) is 4.79 Å². The first-order chi connectivity index (χ1) is 11.2. The maximum Gasteiger partial charge on any atom is 0.303 e. The minimum Gasteiger partial charge on any atom is -0.490 e. The molecular formula is C18H17NO4. The molecule has 0 aliphatic carbocycles. The predicted octanol–water partition coefficient (Wildman–Crippen LogP) is 3.03. The summed E-state index contributed by atoms with van der Waals surface area (Å²) in [6.07, 6.45) is 0.629. The number of aliphatic carboxylic acids is 1. The lowest BCUT2D eigenvalue weighted by Gasteiger charge is -2.09. The van der Waals surface area contributed by atoms with Gasteiger partial charge in [0.15, 0.2) is 0 Å². The second-order valence-electron chi connectivity index (χ2n) is 4.87. The van der Waals surface area contributed by atoms with Crippen molar-refractivity contribution >= 4 is 5.97 Å². The van der Waals surface area contributed by atoms with E-state index in [9.17, 15) is 4.79 Å². The first-order valence-corrected chi connectivity index (χ1v) is 7.24. The van der Waals surface area contributed by atoms with Crippen molar-refractivity contribution in [2.75, 3.05) is 13.2 Å². The van der Waals surface area contributed by atoms with Crippen molar-refractivity contribution in [3.63, 3.8) is 0 Å². The topological polar surface area (TPSA) is 79.5 Å². The summed E-state index contributed by atoms with van der Waals surface area (Å²) >= 11 is 0. The van der Waals surface area contributed by atoms with Gasteiger partial charge in [0.1, 0.15) is 24.7 Å². The lowest BCUT2D eigenvalue weighted by Crippen LogP contribution is -2.09. The molecule has 0 saturated heterocycles. The smallest absolute Gasteiger partial charge is 0.303 e. The molecule has 0 unspecified atom stereocenters. The van der Waals surface area contributed by atoms with Crippen LogP contribution < -0.4 is 9.47 Å². The average Bonchev–Trinajstić information content (AvgIpc) is 2.58. The Morgan fingerprint density at radius 3 is 2.39 bits per heavy atom. The monoisotopic (exact) mass is 311 g/mol. The molecule has 0 heterocycles. The zero-order chi connectivity index (χ0) is 16.5. The number of nitrogens with zero attached hydrogens (tertiary/aromatic N) is 1. The van der Waals surface area contributed by atoms with Gasteiger partial charge in [0, 0.05) is 6.42 Å². The number of hydrogen-bond acceptors (Lipinski definition) is 4. The zero-order valence-electron chi connectivity index (χ0n) is 12.6. The Balaban J connectivity index is 1.73. The van der Waals surface area contributed by atoms with Crippen LogP contribution in [0, 0.1) is 11.3 Å². The van der Waals surface area contributed by atoms with Crippen LogP contribution in [0.15, 0.2) is 48.5 Å². The third-order valence-electron chi connectivity index (χ3n) is 3.13. The summed E-state index contributed by atoms with van der Waals surface area (Å²) in [6, 6.07) is 16.4. The van der Waals surface area contributed by atoms with Crippen molar-refractivity contribution < 1.29 is 19.4 Å². The van der Waals surface area contributed by atoms with E-state index in [1.54, 1.807) is 24.3 Å². The zero-order valence-corrected chi connectivity index (χ0v) is 12.6. The highest BCUT2D eigenvalue weighted by atomic mass is 16.5. The third-order valence-corrected chi connectivity index (χ3v) is 3.13. The van der Waals surface area contributed by atoms with Gasteiger partial charge in [-0.25, -0.2) is 0 Å². The fraction of sp³-hybridized carbons (Fsp3) is 0.222. The summed E-state index contributed by atoms with van der Waals surface area (Å²) in [5, 5.41) is 17.5. The first-order valence-electron chi connectivity index (χ1n) is 7.24. The SMILES string of the molecule is N#Cc1cccc(OCCOc2ccc(CCC(=O)O)cc2)c1. The molecule has 5 heteroatoms. The molecule has 2 aromatic carbocycles. The van der Waals surface area contributed by atoms with E-state index in [1.165, 1.54) is 0 Å². The number of hydrogen-bond donors (Lipinski definition) is 1. The molecule has 0 aliphatic heterocycles. The maximum absolute atomic E-state index is 10.5. The van der Waals surface area contributed by atoms with Gasteiger partial charge in [-0.15, -0.1) is 0 Å². The Labute approximate surface area is 134 Å². The lowest BCUT2D eigenvalue weighted by atomic mass is 10.1. The number of rotatable bonds is 8. The first kappa shape index (κ1) is 16.4. The summed E-state index contributed by atoms with van der Waals surface area (Å²) in [5.74, 6) is 0.540. The van der Waals surface area contributed by atoms with E-state index in [1.807, 2.05) is 24.3 Å². The van der Waals surface area contributed by atoms with Crippen LogP contribution in [0.2, 0.25) is 0 Å². The van der Waals surface area contributed by atoms with Gasteiger partial charge in [-0.2, -0.15) is 5.26 Å². The molecule has 0 amide bonds. The summed E-state index contributed by atoms with van der Waals surface area (Å²) in [6.45, 7) is 0.751. The van der Waals surface area contributed by atoms with Crippen LogP contribution in [0.3, 0.4) is 0 Å². The van der Waals surface area contributed by atoms with Crippen LogP contribution in [0.1, 0.15) is 17.5 Å². The standard InChI is InChI=1S/C18H17NO4/c19-13-15-2-1-3-17(12-15)23-11-10-22-16-7-4-14(5-8-16)6-9-18(20)21/h1-5,7-8,12H,6,9-11H2,(H,20,21). The highest BCUT2D eigenvalue weighted by molar-refractivity contribution is 5.67. The average molecular weight is 311 g/mol. The largest absolute Gasteiger partial charge is 0.490 e. The number of aryl methyl sites for hydroxylation is 1. The van der Waals surface area contributed by atoms with Crippen LogP contribution in [0.25, 0.3) is 0 Å².